The van der Waals surface area contributed by atoms with Gasteiger partial charge in [0, 0.05) is 12.1 Å². The van der Waals surface area contributed by atoms with Crippen LogP contribution in [0.25, 0.3) is 0 Å². The molecule has 170 valence electrons. The van der Waals surface area contributed by atoms with Crippen LogP contribution in [0.1, 0.15) is 46.5 Å². The lowest BCUT2D eigenvalue weighted by Gasteiger charge is -2.42. The van der Waals surface area contributed by atoms with Crippen molar-refractivity contribution in [1.82, 2.24) is 10.2 Å². The minimum absolute atomic E-state index is 0.126. The van der Waals surface area contributed by atoms with Gasteiger partial charge in [-0.05, 0) is 76.7 Å². The van der Waals surface area contributed by atoms with Crippen molar-refractivity contribution in [2.75, 3.05) is 12.4 Å². The molecule has 3 N–H and O–H groups in total. The molecule has 1 aromatic carbocycles. The van der Waals surface area contributed by atoms with Crippen molar-refractivity contribution in [2.24, 2.45) is 5.92 Å². The Hall–Kier alpha value is -2.55. The summed E-state index contributed by atoms with van der Waals surface area (Å²) < 4.78 is 10.7. The summed E-state index contributed by atoms with van der Waals surface area (Å²) in [7, 11) is 1.61. The minimum Gasteiger partial charge on any atom is -0.495 e. The quantitative estimate of drug-likeness (QED) is 0.586. The molecule has 9 heteroatoms. The highest BCUT2D eigenvalue weighted by molar-refractivity contribution is 7.80. The fourth-order valence-electron chi connectivity index (χ4n) is 4.57. The smallest absolute Gasteiger partial charge is 0.408 e. The van der Waals surface area contributed by atoms with Gasteiger partial charge in [0.1, 0.15) is 17.4 Å². The highest BCUT2D eigenvalue weighted by Gasteiger charge is 2.46. The molecule has 31 heavy (non-hydrogen) atoms. The molecule has 1 amide bonds. The maximum absolute atomic E-state index is 12.2. The van der Waals surface area contributed by atoms with Crippen LogP contribution in [-0.2, 0) is 9.53 Å². The number of piperidine rings is 1. The van der Waals surface area contributed by atoms with E-state index in [1.54, 1.807) is 27.9 Å². The molecule has 3 atom stereocenters. The summed E-state index contributed by atoms with van der Waals surface area (Å²) in [5.74, 6) is -0.522. The zero-order valence-corrected chi connectivity index (χ0v) is 19.2. The van der Waals surface area contributed by atoms with E-state index in [1.807, 2.05) is 24.3 Å². The number of thiocarbonyl (C=S) groups is 1. The molecule has 2 unspecified atom stereocenters. The fourth-order valence-corrected chi connectivity index (χ4v) is 4.97. The van der Waals surface area contributed by atoms with Crippen LogP contribution in [0, 0.1) is 5.92 Å². The topological polar surface area (TPSA) is 100 Å². The van der Waals surface area contributed by atoms with Gasteiger partial charge in [-0.2, -0.15) is 0 Å². The number of aliphatic carboxylic acids is 1. The van der Waals surface area contributed by atoms with E-state index in [0.717, 1.165) is 18.5 Å². The average Bonchev–Trinajstić information content (AvgIpc) is 2.95. The number of nitrogens with one attached hydrogen (secondary N) is 2. The zero-order valence-electron chi connectivity index (χ0n) is 18.4. The number of hydrogen-bond donors (Lipinski definition) is 3. The zero-order chi connectivity index (χ0) is 22.8. The molecule has 8 nitrogen and oxygen atoms in total. The van der Waals surface area contributed by atoms with E-state index in [2.05, 4.69) is 15.5 Å². The van der Waals surface area contributed by atoms with Crippen molar-refractivity contribution in [3.8, 4) is 5.75 Å². The summed E-state index contributed by atoms with van der Waals surface area (Å²) in [6.45, 7) is 5.24. The third kappa shape index (κ3) is 5.58. The van der Waals surface area contributed by atoms with Gasteiger partial charge >= 0.3 is 12.1 Å². The number of nitrogens with zero attached hydrogens (tertiary/aromatic N) is 1. The highest BCUT2D eigenvalue weighted by atomic mass is 32.1. The number of carboxylic acids is 1. The highest BCUT2D eigenvalue weighted by Crippen LogP contribution is 2.40. The monoisotopic (exact) mass is 449 g/mol. The molecule has 3 rings (SSSR count). The number of carboxylic acid groups (broad SMARTS) is 1. The molecule has 2 saturated heterocycles. The summed E-state index contributed by atoms with van der Waals surface area (Å²) in [6, 6.07) is 6.84. The van der Waals surface area contributed by atoms with Crippen molar-refractivity contribution in [2.45, 2.75) is 70.2 Å². The number of ether oxygens (including phenoxy) is 2. The van der Waals surface area contributed by atoms with Crippen molar-refractivity contribution in [3.05, 3.63) is 24.3 Å². The molecule has 2 aliphatic heterocycles. The largest absolute Gasteiger partial charge is 0.495 e. The molecule has 0 radical (unpaired) electrons. The van der Waals surface area contributed by atoms with Gasteiger partial charge in [0.15, 0.2) is 5.11 Å². The summed E-state index contributed by atoms with van der Waals surface area (Å²) in [4.78, 5) is 26.3. The molecule has 0 spiro atoms. The van der Waals surface area contributed by atoms with Gasteiger partial charge in [-0.25, -0.2) is 9.59 Å². The number of hydrogen-bond acceptors (Lipinski definition) is 5. The van der Waals surface area contributed by atoms with E-state index in [-0.39, 0.29) is 18.0 Å². The SMILES string of the molecule is COc1ccccc1NC(=S)N1C2CCC1CC([C@H](NC(=O)OC(C)(C)C)C(=O)O)C2. The van der Waals surface area contributed by atoms with Crippen LogP contribution in [-0.4, -0.2) is 58.0 Å². The molecule has 1 aromatic rings. The Morgan fingerprint density at radius 2 is 1.81 bits per heavy atom. The Bertz CT molecular complexity index is 827. The molecule has 2 fully saturated rings. The fraction of sp³-hybridized carbons (Fsp3) is 0.591. The van der Waals surface area contributed by atoms with Crippen LogP contribution < -0.4 is 15.4 Å². The number of alkyl carbamates (subject to hydrolysis) is 1. The lowest BCUT2D eigenvalue weighted by molar-refractivity contribution is -0.141. The van der Waals surface area contributed by atoms with Gasteiger partial charge in [-0.3, -0.25) is 0 Å². The number of para-hydroxylation sites is 2. The van der Waals surface area contributed by atoms with Gasteiger partial charge in [0.25, 0.3) is 0 Å². The van der Waals surface area contributed by atoms with Gasteiger partial charge in [0.2, 0.25) is 0 Å². The number of methoxy groups -OCH3 is 1. The molecular formula is C22H31N3O5S. The van der Waals surface area contributed by atoms with E-state index in [0.29, 0.717) is 23.7 Å². The lowest BCUT2D eigenvalue weighted by Crippen LogP contribution is -2.55. The Balaban J connectivity index is 1.67. The molecule has 0 aliphatic carbocycles. The van der Waals surface area contributed by atoms with Crippen molar-refractivity contribution in [1.29, 1.82) is 0 Å². The minimum atomic E-state index is -1.04. The summed E-state index contributed by atoms with van der Waals surface area (Å²) in [5, 5.41) is 16.2. The number of carbonyl (C=O) groups excluding carboxylic acids is 1. The van der Waals surface area contributed by atoms with Crippen molar-refractivity contribution < 1.29 is 24.2 Å². The molecule has 2 aliphatic rings. The normalized spacial score (nSPS) is 23.6. The van der Waals surface area contributed by atoms with E-state index >= 15 is 0 Å². The second-order valence-corrected chi connectivity index (χ2v) is 9.50. The third-order valence-electron chi connectivity index (χ3n) is 5.76. The Morgan fingerprint density at radius 3 is 2.35 bits per heavy atom. The first-order chi connectivity index (χ1) is 14.6. The third-order valence-corrected chi connectivity index (χ3v) is 6.08. The summed E-state index contributed by atoms with van der Waals surface area (Å²) >= 11 is 5.70. The van der Waals surface area contributed by atoms with Gasteiger partial charge in [0.05, 0.1) is 12.8 Å². The number of carbonyl (C=O) groups is 2. The molecular weight excluding hydrogens is 418 g/mol. The number of amides is 1. The predicted octanol–water partition coefficient (Wildman–Crippen LogP) is 3.61. The molecule has 0 saturated carbocycles. The number of anilines is 1. The van der Waals surface area contributed by atoms with Gasteiger partial charge in [-0.15, -0.1) is 0 Å². The van der Waals surface area contributed by atoms with Crippen LogP contribution >= 0.6 is 12.2 Å². The van der Waals surface area contributed by atoms with Crippen molar-refractivity contribution in [3.63, 3.8) is 0 Å². The Morgan fingerprint density at radius 1 is 1.19 bits per heavy atom. The van der Waals surface area contributed by atoms with Crippen LogP contribution in [0.4, 0.5) is 10.5 Å². The molecule has 2 bridgehead atoms. The van der Waals surface area contributed by atoms with Crippen LogP contribution in [0.2, 0.25) is 0 Å². The Kier molecular flexibility index (Phi) is 6.93. The van der Waals surface area contributed by atoms with Gasteiger partial charge in [-0.1, -0.05) is 12.1 Å². The summed E-state index contributed by atoms with van der Waals surface area (Å²) in [6.07, 6.45) is 2.44. The first kappa shape index (κ1) is 23.1. The van der Waals surface area contributed by atoms with Crippen LogP contribution in [0.15, 0.2) is 24.3 Å². The number of fused-ring (bicyclic) bond motifs is 2. The maximum atomic E-state index is 12.2. The van der Waals surface area contributed by atoms with E-state index in [9.17, 15) is 14.7 Å². The van der Waals surface area contributed by atoms with Gasteiger partial charge < -0.3 is 30.1 Å². The molecule has 0 aromatic heterocycles. The van der Waals surface area contributed by atoms with Crippen LogP contribution in [0.3, 0.4) is 0 Å². The predicted molar refractivity (Wildman–Crippen MR) is 121 cm³/mol. The van der Waals surface area contributed by atoms with E-state index in [1.165, 1.54) is 0 Å². The maximum Gasteiger partial charge on any atom is 0.408 e. The van der Waals surface area contributed by atoms with E-state index in [4.69, 9.17) is 21.7 Å². The second-order valence-electron chi connectivity index (χ2n) is 9.12. The van der Waals surface area contributed by atoms with E-state index < -0.39 is 23.7 Å². The first-order valence-electron chi connectivity index (χ1n) is 10.5. The molecule has 2 heterocycles. The lowest BCUT2D eigenvalue weighted by atomic mass is 9.85. The first-order valence-corrected chi connectivity index (χ1v) is 10.9. The second kappa shape index (κ2) is 9.30. The standard InChI is InChI=1S/C22H31N3O5S/c1-22(2,3)30-21(28)24-18(19(26)27)13-11-14-9-10-15(12-13)25(14)20(31)23-16-7-5-6-8-17(16)29-4/h5-8,13-15,18H,9-12H2,1-4H3,(H,23,31)(H,24,28)(H,26,27)/t13?,14?,15?,18-/m0/s1. The summed E-state index contributed by atoms with van der Waals surface area (Å²) in [5.41, 5.74) is 0.109. The number of benzene rings is 1. The van der Waals surface area contributed by atoms with Crippen LogP contribution in [0.5, 0.6) is 5.75 Å². The number of rotatable bonds is 5. The van der Waals surface area contributed by atoms with Crippen molar-refractivity contribution >= 4 is 35.1 Å². The Labute approximate surface area is 188 Å². The average molecular weight is 450 g/mol.